The number of aromatic nitrogens is 1. The van der Waals surface area contributed by atoms with Crippen molar-refractivity contribution in [2.45, 2.75) is 33.5 Å². The van der Waals surface area contributed by atoms with Gasteiger partial charge in [0.05, 0.1) is 10.7 Å². The number of thiazole rings is 1. The predicted octanol–water partition coefficient (Wildman–Crippen LogP) is 2.71. The lowest BCUT2D eigenvalue weighted by Gasteiger charge is -2.14. The van der Waals surface area contributed by atoms with E-state index in [1.54, 1.807) is 31.2 Å². The minimum Gasteiger partial charge on any atom is -0.486 e. The first-order valence-corrected chi connectivity index (χ1v) is 8.50. The SMILES string of the molecule is CCNC(=O)[C@H](C)OC(=O)c1ccccc1OCc1csc(C)n1. The molecular formula is C17H20N2O4S. The first-order chi connectivity index (χ1) is 11.5. The van der Waals surface area contributed by atoms with Crippen LogP contribution in [0, 0.1) is 6.92 Å². The Labute approximate surface area is 144 Å². The summed E-state index contributed by atoms with van der Waals surface area (Å²) in [5, 5.41) is 5.48. The Morgan fingerprint density at radius 2 is 2.08 bits per heavy atom. The number of amides is 1. The Morgan fingerprint density at radius 3 is 2.75 bits per heavy atom. The Bertz CT molecular complexity index is 714. The van der Waals surface area contributed by atoms with Crippen molar-refractivity contribution < 1.29 is 19.1 Å². The lowest BCUT2D eigenvalue weighted by atomic mass is 10.2. The molecule has 0 saturated carbocycles. The second-order valence-electron chi connectivity index (χ2n) is 5.08. The summed E-state index contributed by atoms with van der Waals surface area (Å²) < 4.78 is 10.9. The highest BCUT2D eigenvalue weighted by molar-refractivity contribution is 7.09. The molecule has 0 aliphatic carbocycles. The maximum atomic E-state index is 12.3. The maximum absolute atomic E-state index is 12.3. The highest BCUT2D eigenvalue weighted by atomic mass is 32.1. The van der Waals surface area contributed by atoms with Gasteiger partial charge in [-0.05, 0) is 32.9 Å². The Morgan fingerprint density at radius 1 is 1.33 bits per heavy atom. The van der Waals surface area contributed by atoms with Crippen LogP contribution in [-0.4, -0.2) is 29.5 Å². The van der Waals surface area contributed by atoms with Gasteiger partial charge in [0.1, 0.15) is 17.9 Å². The first kappa shape index (κ1) is 17.9. The zero-order chi connectivity index (χ0) is 17.5. The number of carbonyl (C=O) groups is 2. The van der Waals surface area contributed by atoms with E-state index in [1.165, 1.54) is 18.3 Å². The van der Waals surface area contributed by atoms with Crippen LogP contribution in [0.2, 0.25) is 0 Å². The molecular weight excluding hydrogens is 328 g/mol. The number of likely N-dealkylation sites (N-methyl/N-ethyl adjacent to an activating group) is 1. The third-order valence-corrected chi connectivity index (χ3v) is 3.98. The van der Waals surface area contributed by atoms with Gasteiger partial charge in [-0.2, -0.15) is 0 Å². The summed E-state index contributed by atoms with van der Waals surface area (Å²) >= 11 is 1.54. The highest BCUT2D eigenvalue weighted by Crippen LogP contribution is 2.21. The van der Waals surface area contributed by atoms with E-state index in [4.69, 9.17) is 9.47 Å². The third-order valence-electron chi connectivity index (χ3n) is 3.15. The van der Waals surface area contributed by atoms with E-state index in [9.17, 15) is 9.59 Å². The molecule has 1 atom stereocenters. The molecule has 24 heavy (non-hydrogen) atoms. The average Bonchev–Trinajstić information content (AvgIpc) is 2.98. The van der Waals surface area contributed by atoms with E-state index in [1.807, 2.05) is 12.3 Å². The second kappa shape index (κ2) is 8.44. The fourth-order valence-electron chi connectivity index (χ4n) is 1.98. The molecule has 1 aromatic heterocycles. The summed E-state index contributed by atoms with van der Waals surface area (Å²) in [5.74, 6) is -0.530. The van der Waals surface area contributed by atoms with Crippen LogP contribution in [0.25, 0.3) is 0 Å². The summed E-state index contributed by atoms with van der Waals surface area (Å²) in [6, 6.07) is 6.78. The van der Waals surface area contributed by atoms with Gasteiger partial charge in [0.25, 0.3) is 5.91 Å². The molecule has 2 aromatic rings. The largest absolute Gasteiger partial charge is 0.486 e. The van der Waals surface area contributed by atoms with Crippen molar-refractivity contribution in [3.63, 3.8) is 0 Å². The van der Waals surface area contributed by atoms with E-state index in [-0.39, 0.29) is 18.1 Å². The molecule has 128 valence electrons. The van der Waals surface area contributed by atoms with Crippen molar-refractivity contribution in [1.29, 1.82) is 0 Å². The van der Waals surface area contributed by atoms with Crippen LogP contribution in [0.5, 0.6) is 5.75 Å². The first-order valence-electron chi connectivity index (χ1n) is 7.62. The third kappa shape index (κ3) is 4.79. The van der Waals surface area contributed by atoms with Gasteiger partial charge in [-0.3, -0.25) is 4.79 Å². The number of hydrogen-bond acceptors (Lipinski definition) is 6. The molecule has 0 aliphatic heterocycles. The zero-order valence-corrected chi connectivity index (χ0v) is 14.7. The van der Waals surface area contributed by atoms with Crippen LogP contribution in [0.1, 0.15) is 34.9 Å². The number of nitrogens with zero attached hydrogens (tertiary/aromatic N) is 1. The van der Waals surface area contributed by atoms with Gasteiger partial charge < -0.3 is 14.8 Å². The maximum Gasteiger partial charge on any atom is 0.342 e. The zero-order valence-electron chi connectivity index (χ0n) is 13.9. The van der Waals surface area contributed by atoms with Crippen molar-refractivity contribution in [3.05, 3.63) is 45.9 Å². The summed E-state index contributed by atoms with van der Waals surface area (Å²) in [4.78, 5) is 28.3. The molecule has 2 rings (SSSR count). The molecule has 1 N–H and O–H groups in total. The number of para-hydroxylation sites is 1. The van der Waals surface area contributed by atoms with Gasteiger partial charge in [-0.25, -0.2) is 9.78 Å². The molecule has 0 spiro atoms. The number of benzene rings is 1. The molecule has 0 aliphatic rings. The summed E-state index contributed by atoms with van der Waals surface area (Å²) in [7, 11) is 0. The number of esters is 1. The number of ether oxygens (including phenoxy) is 2. The van der Waals surface area contributed by atoms with Gasteiger partial charge in [0.15, 0.2) is 6.10 Å². The van der Waals surface area contributed by atoms with Crippen LogP contribution in [-0.2, 0) is 16.1 Å². The number of rotatable bonds is 7. The van der Waals surface area contributed by atoms with Gasteiger partial charge in [0, 0.05) is 11.9 Å². The van der Waals surface area contributed by atoms with Gasteiger partial charge >= 0.3 is 5.97 Å². The summed E-state index contributed by atoms with van der Waals surface area (Å²) in [5.41, 5.74) is 1.08. The molecule has 1 amide bonds. The monoisotopic (exact) mass is 348 g/mol. The fraction of sp³-hybridized carbons (Fsp3) is 0.353. The molecule has 0 fully saturated rings. The van der Waals surface area contributed by atoms with Crippen molar-refractivity contribution >= 4 is 23.2 Å². The number of hydrogen-bond donors (Lipinski definition) is 1. The van der Waals surface area contributed by atoms with Crippen molar-refractivity contribution in [1.82, 2.24) is 10.3 Å². The van der Waals surface area contributed by atoms with Crippen molar-refractivity contribution in [3.8, 4) is 5.75 Å². The predicted molar refractivity (Wildman–Crippen MR) is 91.2 cm³/mol. The normalized spacial score (nSPS) is 11.6. The minimum atomic E-state index is -0.869. The molecule has 0 unspecified atom stereocenters. The topological polar surface area (TPSA) is 77.5 Å². The van der Waals surface area contributed by atoms with Crippen LogP contribution in [0.4, 0.5) is 0 Å². The van der Waals surface area contributed by atoms with Crippen LogP contribution in [0.3, 0.4) is 0 Å². The van der Waals surface area contributed by atoms with Crippen LogP contribution >= 0.6 is 11.3 Å². The Kier molecular flexibility index (Phi) is 6.31. The average molecular weight is 348 g/mol. The molecule has 0 bridgehead atoms. The number of aryl methyl sites for hydroxylation is 1. The van der Waals surface area contributed by atoms with E-state index < -0.39 is 12.1 Å². The molecule has 1 heterocycles. The number of carbonyl (C=O) groups excluding carboxylic acids is 2. The minimum absolute atomic E-state index is 0.264. The van der Waals surface area contributed by atoms with Gasteiger partial charge in [-0.1, -0.05) is 12.1 Å². The number of nitrogens with one attached hydrogen (secondary N) is 1. The van der Waals surface area contributed by atoms with E-state index in [2.05, 4.69) is 10.3 Å². The van der Waals surface area contributed by atoms with Crippen molar-refractivity contribution in [2.75, 3.05) is 6.54 Å². The molecule has 0 saturated heterocycles. The van der Waals surface area contributed by atoms with Gasteiger partial charge in [-0.15, -0.1) is 11.3 Å². The Balaban J connectivity index is 2.04. The van der Waals surface area contributed by atoms with Crippen molar-refractivity contribution in [2.24, 2.45) is 0 Å². The molecule has 1 aromatic carbocycles. The summed E-state index contributed by atoms with van der Waals surface area (Å²) in [6.07, 6.45) is -0.869. The van der Waals surface area contributed by atoms with Crippen LogP contribution < -0.4 is 10.1 Å². The second-order valence-corrected chi connectivity index (χ2v) is 6.15. The summed E-state index contributed by atoms with van der Waals surface area (Å²) in [6.45, 7) is 6.00. The van der Waals surface area contributed by atoms with Crippen LogP contribution in [0.15, 0.2) is 29.6 Å². The smallest absolute Gasteiger partial charge is 0.342 e. The standard InChI is InChI=1S/C17H20N2O4S/c1-4-18-16(20)11(2)23-17(21)14-7-5-6-8-15(14)22-9-13-10-24-12(3)19-13/h5-8,10-11H,4,9H2,1-3H3,(H,18,20)/t11-/m0/s1. The lowest BCUT2D eigenvalue weighted by Crippen LogP contribution is -2.35. The molecule has 0 radical (unpaired) electrons. The Hall–Kier alpha value is -2.41. The quantitative estimate of drug-likeness (QED) is 0.779. The lowest BCUT2D eigenvalue weighted by molar-refractivity contribution is -0.128. The van der Waals surface area contributed by atoms with E-state index in [0.717, 1.165) is 10.7 Å². The fourth-order valence-corrected chi connectivity index (χ4v) is 2.58. The van der Waals surface area contributed by atoms with E-state index in [0.29, 0.717) is 12.3 Å². The van der Waals surface area contributed by atoms with Gasteiger partial charge in [0.2, 0.25) is 0 Å². The molecule has 6 nitrogen and oxygen atoms in total. The van der Waals surface area contributed by atoms with E-state index >= 15 is 0 Å². The highest BCUT2D eigenvalue weighted by Gasteiger charge is 2.20. The molecule has 7 heteroatoms.